The Morgan fingerprint density at radius 1 is 1.15 bits per heavy atom. The molecule has 138 valence electrons. The summed E-state index contributed by atoms with van der Waals surface area (Å²) in [5, 5.41) is 0. The van der Waals surface area contributed by atoms with Gasteiger partial charge in [-0.25, -0.2) is 4.39 Å². The zero-order valence-electron chi connectivity index (χ0n) is 14.7. The quantitative estimate of drug-likeness (QED) is 0.682. The van der Waals surface area contributed by atoms with E-state index in [1.165, 1.54) is 12.1 Å². The molecule has 0 atom stereocenters. The van der Waals surface area contributed by atoms with Gasteiger partial charge in [0.25, 0.3) is 0 Å². The highest BCUT2D eigenvalue weighted by Gasteiger charge is 2.19. The van der Waals surface area contributed by atoms with Crippen LogP contribution >= 0.6 is 11.8 Å². The Labute approximate surface area is 157 Å². The van der Waals surface area contributed by atoms with Crippen LogP contribution in [0.3, 0.4) is 0 Å². The van der Waals surface area contributed by atoms with Crippen LogP contribution < -0.4 is 9.47 Å². The van der Waals surface area contributed by atoms with Crippen LogP contribution in [0.25, 0.3) is 0 Å². The summed E-state index contributed by atoms with van der Waals surface area (Å²) in [6.45, 7) is 4.18. The third kappa shape index (κ3) is 4.69. The Morgan fingerprint density at radius 3 is 2.69 bits per heavy atom. The number of thioether (sulfide) groups is 1. The molecular formula is C20H22FNO3S. The van der Waals surface area contributed by atoms with Gasteiger partial charge in [-0.3, -0.25) is 4.79 Å². The van der Waals surface area contributed by atoms with Crippen molar-refractivity contribution in [3.8, 4) is 11.5 Å². The standard InChI is InChI=1S/C20H22FNO3S/c1-2-22(14-15-4-3-5-18-20(15)25-12-11-24-18)19(23)10-13-26-17-8-6-16(21)7-9-17/h3-9H,2,10-14H2,1H3. The minimum atomic E-state index is -0.250. The van der Waals surface area contributed by atoms with Crippen molar-refractivity contribution in [2.24, 2.45) is 0 Å². The number of hydrogen-bond donors (Lipinski definition) is 0. The van der Waals surface area contributed by atoms with Gasteiger partial charge < -0.3 is 14.4 Å². The number of fused-ring (bicyclic) bond motifs is 1. The second-order valence-electron chi connectivity index (χ2n) is 5.90. The maximum atomic E-state index is 12.9. The van der Waals surface area contributed by atoms with Gasteiger partial charge in [0, 0.05) is 35.7 Å². The molecule has 0 unspecified atom stereocenters. The molecule has 1 amide bonds. The van der Waals surface area contributed by atoms with E-state index in [0.29, 0.717) is 38.5 Å². The number of para-hydroxylation sites is 1. The van der Waals surface area contributed by atoms with Gasteiger partial charge in [-0.1, -0.05) is 12.1 Å². The van der Waals surface area contributed by atoms with Crippen LogP contribution in [-0.4, -0.2) is 36.3 Å². The lowest BCUT2D eigenvalue weighted by Crippen LogP contribution is -2.31. The Balaban J connectivity index is 1.56. The van der Waals surface area contributed by atoms with Gasteiger partial charge >= 0.3 is 0 Å². The Morgan fingerprint density at radius 2 is 1.92 bits per heavy atom. The van der Waals surface area contributed by atoms with Crippen molar-refractivity contribution in [1.29, 1.82) is 0 Å². The van der Waals surface area contributed by atoms with Gasteiger partial charge in [-0.05, 0) is 37.3 Å². The van der Waals surface area contributed by atoms with E-state index in [1.807, 2.05) is 30.0 Å². The van der Waals surface area contributed by atoms with E-state index in [-0.39, 0.29) is 11.7 Å². The summed E-state index contributed by atoms with van der Waals surface area (Å²) in [5.41, 5.74) is 0.962. The molecule has 4 nitrogen and oxygen atoms in total. The van der Waals surface area contributed by atoms with E-state index in [2.05, 4.69) is 0 Å². The Kier molecular flexibility index (Phi) is 6.39. The fourth-order valence-corrected chi connectivity index (χ4v) is 3.63. The van der Waals surface area contributed by atoms with Crippen LogP contribution in [0, 0.1) is 5.82 Å². The molecule has 26 heavy (non-hydrogen) atoms. The first-order chi connectivity index (χ1) is 12.7. The lowest BCUT2D eigenvalue weighted by Gasteiger charge is -2.25. The molecule has 0 aromatic heterocycles. The van der Waals surface area contributed by atoms with Crippen LogP contribution in [0.4, 0.5) is 4.39 Å². The van der Waals surface area contributed by atoms with Gasteiger partial charge in [0.1, 0.15) is 19.0 Å². The normalized spacial score (nSPS) is 12.7. The van der Waals surface area contributed by atoms with Gasteiger partial charge in [0.15, 0.2) is 11.5 Å². The molecule has 0 radical (unpaired) electrons. The highest BCUT2D eigenvalue weighted by atomic mass is 32.2. The average molecular weight is 375 g/mol. The maximum Gasteiger partial charge on any atom is 0.223 e. The third-order valence-electron chi connectivity index (χ3n) is 4.14. The lowest BCUT2D eigenvalue weighted by atomic mass is 10.1. The third-order valence-corrected chi connectivity index (χ3v) is 5.16. The molecule has 6 heteroatoms. The molecular weight excluding hydrogens is 353 g/mol. The Hall–Kier alpha value is -2.21. The molecule has 1 aliphatic heterocycles. The van der Waals surface area contributed by atoms with Gasteiger partial charge in [0.2, 0.25) is 5.91 Å². The second kappa shape index (κ2) is 8.94. The van der Waals surface area contributed by atoms with E-state index < -0.39 is 0 Å². The second-order valence-corrected chi connectivity index (χ2v) is 7.07. The number of carbonyl (C=O) groups is 1. The molecule has 0 fully saturated rings. The molecule has 0 spiro atoms. The largest absolute Gasteiger partial charge is 0.486 e. The van der Waals surface area contributed by atoms with E-state index in [9.17, 15) is 9.18 Å². The number of rotatable bonds is 7. The van der Waals surface area contributed by atoms with Gasteiger partial charge in [-0.15, -0.1) is 11.8 Å². The van der Waals surface area contributed by atoms with Crippen molar-refractivity contribution in [3.63, 3.8) is 0 Å². The number of nitrogens with zero attached hydrogens (tertiary/aromatic N) is 1. The van der Waals surface area contributed by atoms with E-state index in [1.54, 1.807) is 23.9 Å². The predicted molar refractivity (Wildman–Crippen MR) is 100 cm³/mol. The molecule has 1 aliphatic rings. The number of amides is 1. The molecule has 2 aromatic rings. The first kappa shape index (κ1) is 18.6. The van der Waals surface area contributed by atoms with Gasteiger partial charge in [0.05, 0.1) is 0 Å². The summed E-state index contributed by atoms with van der Waals surface area (Å²) in [7, 11) is 0. The molecule has 0 bridgehead atoms. The topological polar surface area (TPSA) is 38.8 Å². The highest BCUT2D eigenvalue weighted by molar-refractivity contribution is 7.99. The molecule has 2 aromatic carbocycles. The lowest BCUT2D eigenvalue weighted by molar-refractivity contribution is -0.131. The van der Waals surface area contributed by atoms with Crippen LogP contribution in [0.15, 0.2) is 47.4 Å². The van der Waals surface area contributed by atoms with Crippen LogP contribution in [0.1, 0.15) is 18.9 Å². The maximum absolute atomic E-state index is 12.9. The number of halogens is 1. The number of ether oxygens (including phenoxy) is 2. The first-order valence-electron chi connectivity index (χ1n) is 8.71. The number of benzene rings is 2. The van der Waals surface area contributed by atoms with Crippen molar-refractivity contribution in [3.05, 3.63) is 53.8 Å². The van der Waals surface area contributed by atoms with E-state index in [0.717, 1.165) is 22.0 Å². The molecule has 0 N–H and O–H groups in total. The molecule has 1 heterocycles. The van der Waals surface area contributed by atoms with Crippen LogP contribution in [0.2, 0.25) is 0 Å². The van der Waals surface area contributed by atoms with E-state index >= 15 is 0 Å². The average Bonchev–Trinajstić information content (AvgIpc) is 2.67. The molecule has 3 rings (SSSR count). The summed E-state index contributed by atoms with van der Waals surface area (Å²) >= 11 is 1.56. The Bertz CT molecular complexity index is 751. The fraction of sp³-hybridized carbons (Fsp3) is 0.350. The highest BCUT2D eigenvalue weighted by Crippen LogP contribution is 2.34. The van der Waals surface area contributed by atoms with Crippen LogP contribution in [0.5, 0.6) is 11.5 Å². The summed E-state index contributed by atoms with van der Waals surface area (Å²) < 4.78 is 24.3. The monoisotopic (exact) mass is 375 g/mol. The SMILES string of the molecule is CCN(Cc1cccc2c1OCCO2)C(=O)CCSc1ccc(F)cc1. The number of hydrogen-bond acceptors (Lipinski definition) is 4. The minimum absolute atomic E-state index is 0.0939. The van der Waals surface area contributed by atoms with Crippen molar-refractivity contribution in [2.45, 2.75) is 24.8 Å². The summed E-state index contributed by atoms with van der Waals surface area (Å²) in [6.07, 6.45) is 0.433. The fourth-order valence-electron chi connectivity index (χ4n) is 2.79. The summed E-state index contributed by atoms with van der Waals surface area (Å²) in [5.74, 6) is 1.99. The first-order valence-corrected chi connectivity index (χ1v) is 9.69. The van der Waals surface area contributed by atoms with Gasteiger partial charge in [-0.2, -0.15) is 0 Å². The minimum Gasteiger partial charge on any atom is -0.486 e. The molecule has 0 saturated carbocycles. The predicted octanol–water partition coefficient (Wildman–Crippen LogP) is 4.13. The van der Waals surface area contributed by atoms with E-state index in [4.69, 9.17) is 9.47 Å². The summed E-state index contributed by atoms with van der Waals surface area (Å²) in [4.78, 5) is 15.4. The number of carbonyl (C=O) groups excluding carboxylic acids is 1. The van der Waals surface area contributed by atoms with Crippen molar-refractivity contribution >= 4 is 17.7 Å². The van der Waals surface area contributed by atoms with Crippen molar-refractivity contribution < 1.29 is 18.7 Å². The van der Waals surface area contributed by atoms with Crippen molar-refractivity contribution in [2.75, 3.05) is 25.5 Å². The zero-order chi connectivity index (χ0) is 18.4. The molecule has 0 aliphatic carbocycles. The summed E-state index contributed by atoms with van der Waals surface area (Å²) in [6, 6.07) is 12.1. The van der Waals surface area contributed by atoms with Crippen molar-refractivity contribution in [1.82, 2.24) is 4.90 Å². The smallest absolute Gasteiger partial charge is 0.223 e. The zero-order valence-corrected chi connectivity index (χ0v) is 15.6. The molecule has 0 saturated heterocycles. The van der Waals surface area contributed by atoms with Crippen LogP contribution in [-0.2, 0) is 11.3 Å².